The number of rotatable bonds is 4. The van der Waals surface area contributed by atoms with Gasteiger partial charge < -0.3 is 15.0 Å². The van der Waals surface area contributed by atoms with Crippen LogP contribution in [0.15, 0.2) is 18.3 Å². The van der Waals surface area contributed by atoms with Crippen LogP contribution in [0, 0.1) is 0 Å². The van der Waals surface area contributed by atoms with Crippen molar-refractivity contribution in [3.8, 4) is 5.88 Å². The van der Waals surface area contributed by atoms with E-state index in [0.717, 1.165) is 5.69 Å². The molecule has 0 aromatic carbocycles. The Morgan fingerprint density at radius 3 is 2.73 bits per heavy atom. The second-order valence-corrected chi connectivity index (χ2v) is 3.23. The first-order chi connectivity index (χ1) is 7.13. The molecule has 1 N–H and O–H groups in total. The van der Waals surface area contributed by atoms with Crippen LogP contribution in [0.25, 0.3) is 0 Å². The first-order valence-corrected chi connectivity index (χ1v) is 4.57. The van der Waals surface area contributed by atoms with Crippen molar-refractivity contribution >= 4 is 11.6 Å². The number of nitrogens with one attached hydrogen (secondary N) is 1. The molecule has 0 aliphatic carbocycles. The van der Waals surface area contributed by atoms with Crippen molar-refractivity contribution in [2.45, 2.75) is 0 Å². The van der Waals surface area contributed by atoms with Gasteiger partial charge in [-0.25, -0.2) is 4.98 Å². The third-order valence-electron chi connectivity index (χ3n) is 1.89. The maximum absolute atomic E-state index is 11.3. The molecule has 1 aromatic heterocycles. The zero-order valence-corrected chi connectivity index (χ0v) is 9.15. The normalized spacial score (nSPS) is 9.53. The number of likely N-dealkylation sites (N-methyl/N-ethyl adjacent to an activating group) is 1. The van der Waals surface area contributed by atoms with Gasteiger partial charge in [0, 0.05) is 20.2 Å². The fraction of sp³-hybridized carbons (Fsp3) is 0.400. The lowest BCUT2D eigenvalue weighted by molar-refractivity contribution is -0.126. The average molecular weight is 209 g/mol. The van der Waals surface area contributed by atoms with E-state index in [9.17, 15) is 4.79 Å². The fourth-order valence-electron chi connectivity index (χ4n) is 0.941. The topological polar surface area (TPSA) is 54.5 Å². The van der Waals surface area contributed by atoms with Gasteiger partial charge in [0.25, 0.3) is 0 Å². The van der Waals surface area contributed by atoms with Crippen LogP contribution in [-0.2, 0) is 4.79 Å². The number of carbonyl (C=O) groups is 1. The lowest BCUT2D eigenvalue weighted by Crippen LogP contribution is -2.28. The number of pyridine rings is 1. The average Bonchev–Trinajstić information content (AvgIpc) is 2.26. The number of carbonyl (C=O) groups excluding carboxylic acids is 1. The van der Waals surface area contributed by atoms with Gasteiger partial charge in [0.05, 0.1) is 25.5 Å². The summed E-state index contributed by atoms with van der Waals surface area (Å²) >= 11 is 0. The number of hydrogen-bond acceptors (Lipinski definition) is 4. The molecule has 0 saturated heterocycles. The summed E-state index contributed by atoms with van der Waals surface area (Å²) in [7, 11) is 5.00. The van der Waals surface area contributed by atoms with Crippen molar-refractivity contribution in [3.05, 3.63) is 18.3 Å². The van der Waals surface area contributed by atoms with Crippen LogP contribution in [0.3, 0.4) is 0 Å². The van der Waals surface area contributed by atoms with Crippen molar-refractivity contribution in [3.63, 3.8) is 0 Å². The van der Waals surface area contributed by atoms with Gasteiger partial charge in [0.15, 0.2) is 0 Å². The standard InChI is InChI=1S/C10H15N3O2/c1-13(2)10(14)7-11-8-4-5-9(15-3)12-6-8/h4-6,11H,7H2,1-3H3. The first kappa shape index (κ1) is 11.3. The minimum atomic E-state index is 0.0193. The molecule has 1 rings (SSSR count). The summed E-state index contributed by atoms with van der Waals surface area (Å²) < 4.78 is 4.92. The monoisotopic (exact) mass is 209 g/mol. The lowest BCUT2D eigenvalue weighted by atomic mass is 10.4. The molecule has 0 radical (unpaired) electrons. The highest BCUT2D eigenvalue weighted by atomic mass is 16.5. The van der Waals surface area contributed by atoms with Gasteiger partial charge in [-0.15, -0.1) is 0 Å². The van der Waals surface area contributed by atoms with Crippen LogP contribution in [0.1, 0.15) is 0 Å². The number of methoxy groups -OCH3 is 1. The van der Waals surface area contributed by atoms with Gasteiger partial charge >= 0.3 is 0 Å². The van der Waals surface area contributed by atoms with Crippen LogP contribution in [0.5, 0.6) is 5.88 Å². The van der Waals surface area contributed by atoms with E-state index in [0.29, 0.717) is 5.88 Å². The van der Waals surface area contributed by atoms with E-state index in [1.807, 2.05) is 6.07 Å². The number of aromatic nitrogens is 1. The van der Waals surface area contributed by atoms with Crippen molar-refractivity contribution in [2.75, 3.05) is 33.1 Å². The molecule has 1 heterocycles. The van der Waals surface area contributed by atoms with E-state index in [-0.39, 0.29) is 12.5 Å². The summed E-state index contributed by atoms with van der Waals surface area (Å²) in [6.45, 7) is 0.265. The molecule has 0 bridgehead atoms. The van der Waals surface area contributed by atoms with Crippen molar-refractivity contribution in [1.29, 1.82) is 0 Å². The predicted molar refractivity (Wildman–Crippen MR) is 58.0 cm³/mol. The summed E-state index contributed by atoms with van der Waals surface area (Å²) in [5.74, 6) is 0.574. The van der Waals surface area contributed by atoms with Crippen molar-refractivity contribution in [2.24, 2.45) is 0 Å². The van der Waals surface area contributed by atoms with Gasteiger partial charge in [0.1, 0.15) is 0 Å². The summed E-state index contributed by atoms with van der Waals surface area (Å²) in [5.41, 5.74) is 0.797. The first-order valence-electron chi connectivity index (χ1n) is 4.57. The molecule has 0 aliphatic rings. The Balaban J connectivity index is 2.47. The molecule has 5 heteroatoms. The largest absolute Gasteiger partial charge is 0.481 e. The van der Waals surface area contributed by atoms with Gasteiger partial charge in [-0.1, -0.05) is 0 Å². The Kier molecular flexibility index (Phi) is 3.91. The summed E-state index contributed by atoms with van der Waals surface area (Å²) in [6, 6.07) is 3.55. The highest BCUT2D eigenvalue weighted by molar-refractivity contribution is 5.80. The Morgan fingerprint density at radius 1 is 1.53 bits per heavy atom. The van der Waals surface area contributed by atoms with Gasteiger partial charge in [-0.3, -0.25) is 4.79 Å². The molecular weight excluding hydrogens is 194 g/mol. The molecule has 0 spiro atoms. The summed E-state index contributed by atoms with van der Waals surface area (Å²) in [5, 5.41) is 2.97. The lowest BCUT2D eigenvalue weighted by Gasteiger charge is -2.11. The van der Waals surface area contributed by atoms with E-state index in [4.69, 9.17) is 4.74 Å². The molecule has 1 amide bonds. The summed E-state index contributed by atoms with van der Waals surface area (Å²) in [4.78, 5) is 16.8. The predicted octanol–water partition coefficient (Wildman–Crippen LogP) is 0.590. The quantitative estimate of drug-likeness (QED) is 0.788. The number of nitrogens with zero attached hydrogens (tertiary/aromatic N) is 2. The Bertz CT molecular complexity index is 322. The molecule has 0 saturated carbocycles. The van der Waals surface area contributed by atoms with Gasteiger partial charge in [0.2, 0.25) is 11.8 Å². The fourth-order valence-corrected chi connectivity index (χ4v) is 0.941. The highest BCUT2D eigenvalue weighted by Crippen LogP contribution is 2.10. The molecular formula is C10H15N3O2. The van der Waals surface area contributed by atoms with Gasteiger partial charge in [-0.05, 0) is 6.07 Å². The molecule has 0 fully saturated rings. The molecule has 15 heavy (non-hydrogen) atoms. The molecule has 1 aromatic rings. The highest BCUT2D eigenvalue weighted by Gasteiger charge is 2.03. The minimum absolute atomic E-state index is 0.0193. The smallest absolute Gasteiger partial charge is 0.241 e. The molecule has 82 valence electrons. The number of anilines is 1. The second-order valence-electron chi connectivity index (χ2n) is 3.23. The van der Waals surface area contributed by atoms with Crippen LogP contribution in [0.2, 0.25) is 0 Å². The Morgan fingerprint density at radius 2 is 2.27 bits per heavy atom. The number of hydrogen-bond donors (Lipinski definition) is 1. The third kappa shape index (κ3) is 3.46. The van der Waals surface area contributed by atoms with Crippen molar-refractivity contribution in [1.82, 2.24) is 9.88 Å². The van der Waals surface area contributed by atoms with Crippen LogP contribution in [-0.4, -0.2) is 43.5 Å². The number of ether oxygens (including phenoxy) is 1. The molecule has 5 nitrogen and oxygen atoms in total. The minimum Gasteiger partial charge on any atom is -0.481 e. The maximum Gasteiger partial charge on any atom is 0.241 e. The van der Waals surface area contributed by atoms with Crippen molar-refractivity contribution < 1.29 is 9.53 Å². The van der Waals surface area contributed by atoms with Crippen LogP contribution < -0.4 is 10.1 Å². The Hall–Kier alpha value is -1.78. The van der Waals surface area contributed by atoms with Crippen LogP contribution in [0.4, 0.5) is 5.69 Å². The summed E-state index contributed by atoms with van der Waals surface area (Å²) in [6.07, 6.45) is 1.63. The molecule has 0 aliphatic heterocycles. The zero-order valence-electron chi connectivity index (χ0n) is 9.15. The van der Waals surface area contributed by atoms with Gasteiger partial charge in [-0.2, -0.15) is 0 Å². The Labute approximate surface area is 89.1 Å². The second kappa shape index (κ2) is 5.19. The third-order valence-corrected chi connectivity index (χ3v) is 1.89. The maximum atomic E-state index is 11.3. The molecule has 0 atom stereocenters. The van der Waals surface area contributed by atoms with E-state index in [1.54, 1.807) is 33.5 Å². The van der Waals surface area contributed by atoms with E-state index in [2.05, 4.69) is 10.3 Å². The van der Waals surface area contributed by atoms with E-state index < -0.39 is 0 Å². The van der Waals surface area contributed by atoms with Crippen LogP contribution >= 0.6 is 0 Å². The number of amides is 1. The van der Waals surface area contributed by atoms with E-state index >= 15 is 0 Å². The molecule has 0 unspecified atom stereocenters. The van der Waals surface area contributed by atoms with E-state index in [1.165, 1.54) is 4.90 Å². The SMILES string of the molecule is COc1ccc(NCC(=O)N(C)C)cn1. The zero-order chi connectivity index (χ0) is 11.3.